The lowest BCUT2D eigenvalue weighted by Gasteiger charge is -2.47. The fraction of sp³-hybridized carbons (Fsp3) is 0.562. The minimum absolute atomic E-state index is 0.146. The van der Waals surface area contributed by atoms with Crippen LogP contribution in [-0.4, -0.2) is 49.7 Å². The third-order valence-electron chi connectivity index (χ3n) is 4.66. The molecular weight excluding hydrogens is 268 g/mol. The highest BCUT2D eigenvalue weighted by molar-refractivity contribution is 5.78. The first-order valence-electron chi connectivity index (χ1n) is 7.29. The molecule has 114 valence electrons. The number of ether oxygens (including phenoxy) is 2. The normalized spacial score (nSPS) is 25.3. The lowest BCUT2D eigenvalue weighted by Crippen LogP contribution is -2.53. The van der Waals surface area contributed by atoms with Crippen LogP contribution < -0.4 is 9.47 Å². The van der Waals surface area contributed by atoms with Crippen molar-refractivity contribution in [1.82, 2.24) is 9.80 Å². The quantitative estimate of drug-likeness (QED) is 0.833. The molecule has 0 aromatic heterocycles. The van der Waals surface area contributed by atoms with Crippen LogP contribution in [0, 0.1) is 0 Å². The average molecular weight is 290 g/mol. The number of hydrogen-bond acceptors (Lipinski definition) is 4. The Bertz CT molecular complexity index is 573. The van der Waals surface area contributed by atoms with E-state index in [4.69, 9.17) is 9.47 Å². The van der Waals surface area contributed by atoms with E-state index < -0.39 is 0 Å². The van der Waals surface area contributed by atoms with Gasteiger partial charge in [0.1, 0.15) is 0 Å². The maximum atomic E-state index is 12.1. The second-order valence-corrected chi connectivity index (χ2v) is 5.93. The molecule has 0 bridgehead atoms. The minimum Gasteiger partial charge on any atom is -0.493 e. The summed E-state index contributed by atoms with van der Waals surface area (Å²) < 4.78 is 10.8. The van der Waals surface area contributed by atoms with Crippen molar-refractivity contribution in [1.29, 1.82) is 0 Å². The summed E-state index contributed by atoms with van der Waals surface area (Å²) >= 11 is 0. The molecule has 0 unspecified atom stereocenters. The number of nitrogens with zero attached hydrogens (tertiary/aromatic N) is 2. The molecule has 1 aromatic carbocycles. The maximum Gasteiger partial charge on any atom is 0.225 e. The van der Waals surface area contributed by atoms with E-state index in [9.17, 15) is 4.79 Å². The zero-order valence-corrected chi connectivity index (χ0v) is 13.0. The third-order valence-corrected chi connectivity index (χ3v) is 4.66. The molecule has 2 aliphatic heterocycles. The molecule has 1 saturated heterocycles. The molecule has 1 amide bonds. The van der Waals surface area contributed by atoms with Crippen molar-refractivity contribution in [2.24, 2.45) is 0 Å². The van der Waals surface area contributed by atoms with Gasteiger partial charge in [-0.25, -0.2) is 0 Å². The highest BCUT2D eigenvalue weighted by Gasteiger charge is 2.39. The Balaban J connectivity index is 2.05. The van der Waals surface area contributed by atoms with Gasteiger partial charge in [-0.2, -0.15) is 0 Å². The van der Waals surface area contributed by atoms with Gasteiger partial charge in [-0.1, -0.05) is 0 Å². The molecule has 0 spiro atoms. The van der Waals surface area contributed by atoms with Crippen LogP contribution in [0.5, 0.6) is 11.5 Å². The topological polar surface area (TPSA) is 42.0 Å². The second-order valence-electron chi connectivity index (χ2n) is 5.93. The predicted octanol–water partition coefficient (Wildman–Crippen LogP) is 1.81. The van der Waals surface area contributed by atoms with Gasteiger partial charge in [0.15, 0.2) is 11.5 Å². The van der Waals surface area contributed by atoms with E-state index in [1.165, 1.54) is 11.1 Å². The van der Waals surface area contributed by atoms with Crippen LogP contribution >= 0.6 is 0 Å². The van der Waals surface area contributed by atoms with Crippen LogP contribution in [0.25, 0.3) is 0 Å². The van der Waals surface area contributed by atoms with Crippen molar-refractivity contribution >= 4 is 5.91 Å². The van der Waals surface area contributed by atoms with E-state index in [1.807, 2.05) is 13.1 Å². The van der Waals surface area contributed by atoms with Gasteiger partial charge in [-0.05, 0) is 36.6 Å². The number of amides is 1. The molecule has 21 heavy (non-hydrogen) atoms. The standard InChI is InChI=1S/C16H22N2O3/c1-10-5-11-6-14(20-3)15(21-4)7-12(11)13-8-16(19)17(2)9-18(10)13/h6-7,10,13H,5,8-9H2,1-4H3/t10-,13-/m0/s1. The Morgan fingerprint density at radius 2 is 1.81 bits per heavy atom. The lowest BCUT2D eigenvalue weighted by molar-refractivity contribution is -0.141. The van der Waals surface area contributed by atoms with Gasteiger partial charge < -0.3 is 14.4 Å². The molecule has 5 heteroatoms. The second kappa shape index (κ2) is 5.22. The lowest BCUT2D eigenvalue weighted by atomic mass is 9.85. The molecule has 2 aliphatic rings. The fourth-order valence-electron chi connectivity index (χ4n) is 3.46. The molecule has 0 radical (unpaired) electrons. The first kappa shape index (κ1) is 14.2. The smallest absolute Gasteiger partial charge is 0.225 e. The summed E-state index contributed by atoms with van der Waals surface area (Å²) in [4.78, 5) is 16.3. The summed E-state index contributed by atoms with van der Waals surface area (Å²) in [6, 6.07) is 4.66. The van der Waals surface area contributed by atoms with E-state index in [1.54, 1.807) is 19.1 Å². The SMILES string of the molecule is COc1cc2c(cc1OC)[C@@H]1CC(=O)N(C)CN1[C@@H](C)C2. The zero-order chi connectivity index (χ0) is 15.1. The fourth-order valence-corrected chi connectivity index (χ4v) is 3.46. The molecule has 2 atom stereocenters. The van der Waals surface area contributed by atoms with Crippen molar-refractivity contribution in [2.75, 3.05) is 27.9 Å². The zero-order valence-electron chi connectivity index (χ0n) is 13.0. The number of hydrogen-bond donors (Lipinski definition) is 0. The van der Waals surface area contributed by atoms with E-state index in [0.29, 0.717) is 19.1 Å². The highest BCUT2D eigenvalue weighted by Crippen LogP contribution is 2.42. The Morgan fingerprint density at radius 3 is 2.48 bits per heavy atom. The summed E-state index contributed by atoms with van der Waals surface area (Å²) in [5.41, 5.74) is 2.46. The van der Waals surface area contributed by atoms with E-state index in [0.717, 1.165) is 17.9 Å². The Kier molecular flexibility index (Phi) is 3.53. The van der Waals surface area contributed by atoms with Crippen molar-refractivity contribution in [2.45, 2.75) is 31.8 Å². The van der Waals surface area contributed by atoms with Crippen LogP contribution in [0.2, 0.25) is 0 Å². The van der Waals surface area contributed by atoms with Crippen molar-refractivity contribution in [3.05, 3.63) is 23.3 Å². The van der Waals surface area contributed by atoms with Crippen LogP contribution in [-0.2, 0) is 11.2 Å². The molecule has 1 fully saturated rings. The monoisotopic (exact) mass is 290 g/mol. The van der Waals surface area contributed by atoms with E-state index >= 15 is 0 Å². The predicted molar refractivity (Wildman–Crippen MR) is 79.5 cm³/mol. The van der Waals surface area contributed by atoms with Crippen molar-refractivity contribution in [3.63, 3.8) is 0 Å². The van der Waals surface area contributed by atoms with Gasteiger partial charge in [0.05, 0.1) is 20.9 Å². The van der Waals surface area contributed by atoms with Crippen LogP contribution in [0.1, 0.15) is 30.5 Å². The van der Waals surface area contributed by atoms with Gasteiger partial charge >= 0.3 is 0 Å². The summed E-state index contributed by atoms with van der Waals surface area (Å²) in [7, 11) is 5.17. The first-order valence-corrected chi connectivity index (χ1v) is 7.29. The molecule has 2 heterocycles. The van der Waals surface area contributed by atoms with Crippen LogP contribution in [0.3, 0.4) is 0 Å². The Morgan fingerprint density at radius 1 is 1.14 bits per heavy atom. The average Bonchev–Trinajstić information content (AvgIpc) is 2.48. The first-order chi connectivity index (χ1) is 10.0. The summed E-state index contributed by atoms with van der Waals surface area (Å²) in [5, 5.41) is 0. The summed E-state index contributed by atoms with van der Waals surface area (Å²) in [6.45, 7) is 2.91. The van der Waals surface area contributed by atoms with Gasteiger partial charge in [-0.15, -0.1) is 0 Å². The number of rotatable bonds is 2. The van der Waals surface area contributed by atoms with Crippen molar-refractivity contribution < 1.29 is 14.3 Å². The van der Waals surface area contributed by atoms with Crippen LogP contribution in [0.15, 0.2) is 12.1 Å². The summed E-state index contributed by atoms with van der Waals surface area (Å²) in [6.07, 6.45) is 1.50. The van der Waals surface area contributed by atoms with Gasteiger partial charge in [0, 0.05) is 25.6 Å². The molecule has 0 saturated carbocycles. The Hall–Kier alpha value is -1.75. The number of carbonyl (C=O) groups is 1. The molecule has 1 aromatic rings. The number of benzene rings is 1. The summed E-state index contributed by atoms with van der Waals surface area (Å²) in [5.74, 6) is 1.69. The Labute approximate surface area is 125 Å². The molecule has 0 N–H and O–H groups in total. The minimum atomic E-state index is 0.146. The van der Waals surface area contributed by atoms with Gasteiger partial charge in [0.25, 0.3) is 0 Å². The van der Waals surface area contributed by atoms with Crippen LogP contribution in [0.4, 0.5) is 0 Å². The van der Waals surface area contributed by atoms with E-state index in [2.05, 4.69) is 17.9 Å². The molecule has 3 rings (SSSR count). The maximum absolute atomic E-state index is 12.1. The number of carbonyl (C=O) groups excluding carboxylic acids is 1. The highest BCUT2D eigenvalue weighted by atomic mass is 16.5. The van der Waals surface area contributed by atoms with E-state index in [-0.39, 0.29) is 11.9 Å². The van der Waals surface area contributed by atoms with Crippen molar-refractivity contribution in [3.8, 4) is 11.5 Å². The molecule has 0 aliphatic carbocycles. The number of fused-ring (bicyclic) bond motifs is 3. The third kappa shape index (κ3) is 2.25. The van der Waals surface area contributed by atoms with Gasteiger partial charge in [0.2, 0.25) is 5.91 Å². The largest absolute Gasteiger partial charge is 0.493 e. The van der Waals surface area contributed by atoms with Gasteiger partial charge in [-0.3, -0.25) is 9.69 Å². The molecular formula is C16H22N2O3. The number of methoxy groups -OCH3 is 2. The molecule has 5 nitrogen and oxygen atoms in total.